The van der Waals surface area contributed by atoms with E-state index in [4.69, 9.17) is 11.6 Å². The Hall–Kier alpha value is -1.39. The van der Waals surface area contributed by atoms with Crippen LogP contribution >= 0.6 is 22.9 Å². The van der Waals surface area contributed by atoms with Gasteiger partial charge in [-0.3, -0.25) is 9.79 Å². The van der Waals surface area contributed by atoms with Gasteiger partial charge in [0, 0.05) is 10.1 Å². The Balaban J connectivity index is 2.05. The van der Waals surface area contributed by atoms with Gasteiger partial charge in [0.1, 0.15) is 11.4 Å². The fourth-order valence-electron chi connectivity index (χ4n) is 2.77. The zero-order valence-electron chi connectivity index (χ0n) is 12.2. The van der Waals surface area contributed by atoms with E-state index >= 15 is 0 Å². The number of carbonyl (C=O) groups excluding carboxylic acids is 1. The lowest BCUT2D eigenvalue weighted by Crippen LogP contribution is -2.38. The molecule has 1 aliphatic rings. The van der Waals surface area contributed by atoms with E-state index < -0.39 is 5.54 Å². The van der Waals surface area contributed by atoms with Crippen molar-refractivity contribution in [1.82, 2.24) is 5.32 Å². The highest BCUT2D eigenvalue weighted by Crippen LogP contribution is 2.37. The Morgan fingerprint density at radius 1 is 1.38 bits per heavy atom. The average molecular weight is 321 g/mol. The summed E-state index contributed by atoms with van der Waals surface area (Å²) in [6.45, 7) is 6.08. The lowest BCUT2D eigenvalue weighted by molar-refractivity contribution is -0.123. The highest BCUT2D eigenvalue weighted by Gasteiger charge is 2.40. The summed E-state index contributed by atoms with van der Waals surface area (Å²) in [4.78, 5) is 17.8. The van der Waals surface area contributed by atoms with Gasteiger partial charge in [-0.05, 0) is 25.3 Å². The predicted octanol–water partition coefficient (Wildman–Crippen LogP) is 4.24. The summed E-state index contributed by atoms with van der Waals surface area (Å²) in [5.74, 6) is 0.968. The summed E-state index contributed by atoms with van der Waals surface area (Å²) in [5, 5.41) is 4.58. The maximum Gasteiger partial charge on any atom is 0.253 e. The molecule has 0 bridgehead atoms. The number of amides is 1. The second-order valence-corrected chi connectivity index (χ2v) is 7.46. The molecule has 1 N–H and O–H groups in total. The van der Waals surface area contributed by atoms with E-state index in [1.165, 1.54) is 0 Å². The maximum atomic E-state index is 12.3. The molecule has 0 radical (unpaired) electrons. The fourth-order valence-corrected chi connectivity index (χ4v) is 4.24. The van der Waals surface area contributed by atoms with Crippen LogP contribution in [0.5, 0.6) is 0 Å². The molecule has 1 unspecified atom stereocenters. The van der Waals surface area contributed by atoms with Crippen LogP contribution in [0.2, 0.25) is 5.02 Å². The highest BCUT2D eigenvalue weighted by molar-refractivity contribution is 7.21. The third-order valence-electron chi connectivity index (χ3n) is 3.64. The van der Waals surface area contributed by atoms with E-state index in [-0.39, 0.29) is 5.91 Å². The van der Waals surface area contributed by atoms with Crippen molar-refractivity contribution in [3.8, 4) is 0 Å². The van der Waals surface area contributed by atoms with Crippen LogP contribution < -0.4 is 5.32 Å². The minimum atomic E-state index is -0.691. The van der Waals surface area contributed by atoms with Crippen LogP contribution in [0.1, 0.15) is 32.1 Å². The first-order valence-corrected chi connectivity index (χ1v) is 8.19. The van der Waals surface area contributed by atoms with Crippen molar-refractivity contribution in [1.29, 1.82) is 0 Å². The molecule has 5 heteroatoms. The van der Waals surface area contributed by atoms with Crippen LogP contribution in [0, 0.1) is 5.92 Å². The number of aliphatic imine (C=N–C) groups is 1. The van der Waals surface area contributed by atoms with Gasteiger partial charge in [0.15, 0.2) is 0 Å². The second kappa shape index (κ2) is 5.11. The molecule has 0 saturated carbocycles. The van der Waals surface area contributed by atoms with Gasteiger partial charge in [0.25, 0.3) is 5.91 Å². The molecule has 1 aliphatic heterocycles. The van der Waals surface area contributed by atoms with Crippen LogP contribution in [0.3, 0.4) is 0 Å². The van der Waals surface area contributed by atoms with Gasteiger partial charge in [-0.25, -0.2) is 0 Å². The van der Waals surface area contributed by atoms with Crippen molar-refractivity contribution in [2.24, 2.45) is 10.9 Å². The number of nitrogens with zero attached hydrogens (tertiary/aromatic N) is 1. The zero-order valence-corrected chi connectivity index (χ0v) is 13.8. The minimum Gasteiger partial charge on any atom is -0.308 e. The Morgan fingerprint density at radius 2 is 2.10 bits per heavy atom. The van der Waals surface area contributed by atoms with Crippen molar-refractivity contribution in [3.63, 3.8) is 0 Å². The van der Waals surface area contributed by atoms with E-state index in [9.17, 15) is 4.79 Å². The van der Waals surface area contributed by atoms with E-state index in [0.717, 1.165) is 21.4 Å². The molecule has 2 heterocycles. The molecule has 2 aromatic rings. The number of fused-ring (bicyclic) bond motifs is 1. The molecule has 0 saturated heterocycles. The van der Waals surface area contributed by atoms with Crippen LogP contribution in [0.15, 0.2) is 29.3 Å². The van der Waals surface area contributed by atoms with Gasteiger partial charge in [-0.15, -0.1) is 11.3 Å². The van der Waals surface area contributed by atoms with Crippen molar-refractivity contribution in [3.05, 3.63) is 34.2 Å². The summed E-state index contributed by atoms with van der Waals surface area (Å²) < 4.78 is 1.10. The lowest BCUT2D eigenvalue weighted by Gasteiger charge is -2.19. The van der Waals surface area contributed by atoms with Gasteiger partial charge in [0.05, 0.1) is 9.90 Å². The molecule has 1 aromatic carbocycles. The fraction of sp³-hybridized carbons (Fsp3) is 0.375. The number of rotatable bonds is 3. The molecule has 0 spiro atoms. The second-order valence-electron chi connectivity index (χ2n) is 6.03. The van der Waals surface area contributed by atoms with Gasteiger partial charge < -0.3 is 5.32 Å². The van der Waals surface area contributed by atoms with Crippen LogP contribution in [0.25, 0.3) is 10.1 Å². The number of carbonyl (C=O) groups is 1. The van der Waals surface area contributed by atoms with Crippen molar-refractivity contribution >= 4 is 44.8 Å². The van der Waals surface area contributed by atoms with Gasteiger partial charge in [-0.2, -0.15) is 0 Å². The average Bonchev–Trinajstić information content (AvgIpc) is 2.88. The molecule has 3 rings (SSSR count). The topological polar surface area (TPSA) is 41.5 Å². The molecule has 3 nitrogen and oxygen atoms in total. The molecule has 1 atom stereocenters. The standard InChI is InChI=1S/C16H17ClN2OS/c1-9(2)8-16(3)15(20)18-14(19-16)13-12(17)10-6-4-5-7-11(10)21-13/h4-7,9H,8H2,1-3H3,(H,18,19,20). The lowest BCUT2D eigenvalue weighted by atomic mass is 9.91. The molecule has 1 aromatic heterocycles. The first kappa shape index (κ1) is 14.5. The van der Waals surface area contributed by atoms with E-state index in [0.29, 0.717) is 16.8 Å². The summed E-state index contributed by atoms with van der Waals surface area (Å²) >= 11 is 8.03. The number of nitrogens with one attached hydrogen (secondary N) is 1. The Labute approximate surface area is 133 Å². The maximum absolute atomic E-state index is 12.3. The molecule has 21 heavy (non-hydrogen) atoms. The first-order valence-electron chi connectivity index (χ1n) is 6.99. The Kier molecular flexibility index (Phi) is 3.54. The number of hydrogen-bond donors (Lipinski definition) is 1. The van der Waals surface area contributed by atoms with E-state index in [1.54, 1.807) is 11.3 Å². The zero-order chi connectivity index (χ0) is 15.2. The van der Waals surface area contributed by atoms with Crippen molar-refractivity contribution in [2.75, 3.05) is 0 Å². The van der Waals surface area contributed by atoms with Crippen LogP contribution in [0.4, 0.5) is 0 Å². The molecule has 0 fully saturated rings. The Morgan fingerprint density at radius 3 is 2.76 bits per heavy atom. The first-order chi connectivity index (χ1) is 9.90. The normalized spacial score (nSPS) is 22.0. The summed E-state index contributed by atoms with van der Waals surface area (Å²) in [7, 11) is 0. The molecule has 110 valence electrons. The van der Waals surface area contributed by atoms with Crippen molar-refractivity contribution < 1.29 is 4.79 Å². The number of amidine groups is 1. The third-order valence-corrected chi connectivity index (χ3v) is 5.32. The monoisotopic (exact) mass is 320 g/mol. The minimum absolute atomic E-state index is 0.0419. The number of benzene rings is 1. The van der Waals surface area contributed by atoms with Crippen LogP contribution in [-0.2, 0) is 4.79 Å². The summed E-state index contributed by atoms with van der Waals surface area (Å²) in [6, 6.07) is 7.96. The van der Waals surface area contributed by atoms with E-state index in [2.05, 4.69) is 24.2 Å². The van der Waals surface area contributed by atoms with Crippen LogP contribution in [-0.4, -0.2) is 17.3 Å². The number of thiophene rings is 1. The summed E-state index contributed by atoms with van der Waals surface area (Å²) in [5.41, 5.74) is -0.691. The summed E-state index contributed by atoms with van der Waals surface area (Å²) in [6.07, 6.45) is 0.727. The number of hydrogen-bond acceptors (Lipinski definition) is 3. The van der Waals surface area contributed by atoms with E-state index in [1.807, 2.05) is 31.2 Å². The van der Waals surface area contributed by atoms with Crippen molar-refractivity contribution in [2.45, 2.75) is 32.7 Å². The SMILES string of the molecule is CC(C)CC1(C)N=C(c2sc3ccccc3c2Cl)NC1=O. The molecule has 0 aliphatic carbocycles. The molecule has 1 amide bonds. The molecular formula is C16H17ClN2OS. The molecular weight excluding hydrogens is 304 g/mol. The Bertz CT molecular complexity index is 750. The largest absolute Gasteiger partial charge is 0.308 e. The quantitative estimate of drug-likeness (QED) is 0.903. The smallest absolute Gasteiger partial charge is 0.253 e. The third kappa shape index (κ3) is 2.47. The highest BCUT2D eigenvalue weighted by atomic mass is 35.5. The van der Waals surface area contributed by atoms with Gasteiger partial charge >= 0.3 is 0 Å². The van der Waals surface area contributed by atoms with Gasteiger partial charge in [0.2, 0.25) is 0 Å². The predicted molar refractivity (Wildman–Crippen MR) is 89.4 cm³/mol. The van der Waals surface area contributed by atoms with Gasteiger partial charge in [-0.1, -0.05) is 43.6 Å². The number of halogens is 1.